The number of hydrogen-bond donors (Lipinski definition) is 1. The highest BCUT2D eigenvalue weighted by Gasteiger charge is 2.33. The summed E-state index contributed by atoms with van der Waals surface area (Å²) in [6.07, 6.45) is -4.92. The van der Waals surface area contributed by atoms with Crippen LogP contribution in [0.25, 0.3) is 11.3 Å². The summed E-state index contributed by atoms with van der Waals surface area (Å²) < 4.78 is 81.8. The van der Waals surface area contributed by atoms with Gasteiger partial charge in [-0.2, -0.15) is 0 Å². The Hall–Kier alpha value is -4.23. The number of benzene rings is 3. The van der Waals surface area contributed by atoms with Crippen LogP contribution in [0.5, 0.6) is 11.5 Å². The summed E-state index contributed by atoms with van der Waals surface area (Å²) in [6.45, 7) is 3.47. The van der Waals surface area contributed by atoms with E-state index in [1.807, 2.05) is 13.8 Å². The molecule has 0 aliphatic rings. The number of carbonyl (C=O) groups is 1. The van der Waals surface area contributed by atoms with Crippen molar-refractivity contribution >= 4 is 33.3 Å². The van der Waals surface area contributed by atoms with Gasteiger partial charge >= 0.3 is 12.3 Å². The molecule has 0 saturated heterocycles. The van der Waals surface area contributed by atoms with E-state index < -0.39 is 28.1 Å². The standard InChI is InChI=1S/C28H24ClF3N2O7S/c1-16(2)26-21(25(33-41-26)20-9-4-5-10-24(20)40-28(30,31)32)15-39-18-11-12-23(22(29)14-18)34(3)42(37,38)19-8-6-7-17(13-19)27(35)36/h4-14,16H,15H2,1-3H3,(H,35,36). The van der Waals surface area contributed by atoms with E-state index in [4.69, 9.17) is 20.9 Å². The van der Waals surface area contributed by atoms with Crippen LogP contribution in [-0.2, 0) is 16.6 Å². The van der Waals surface area contributed by atoms with Crippen LogP contribution >= 0.6 is 11.6 Å². The number of nitrogens with zero attached hydrogens (tertiary/aromatic N) is 2. The second kappa shape index (κ2) is 11.9. The van der Waals surface area contributed by atoms with Crippen molar-refractivity contribution in [3.8, 4) is 22.8 Å². The molecule has 42 heavy (non-hydrogen) atoms. The number of aromatic carboxylic acids is 1. The summed E-state index contributed by atoms with van der Waals surface area (Å²) >= 11 is 6.42. The number of halogens is 4. The average molecular weight is 625 g/mol. The quantitative estimate of drug-likeness (QED) is 0.198. The first-order valence-corrected chi connectivity index (χ1v) is 14.1. The summed E-state index contributed by atoms with van der Waals surface area (Å²) in [5.41, 5.74) is 0.450. The highest BCUT2D eigenvalue weighted by molar-refractivity contribution is 7.92. The van der Waals surface area contributed by atoms with Crippen LogP contribution in [0, 0.1) is 0 Å². The first kappa shape index (κ1) is 30.7. The number of rotatable bonds is 10. The molecule has 4 rings (SSSR count). The second-order valence-electron chi connectivity index (χ2n) is 9.28. The normalized spacial score (nSPS) is 11.9. The van der Waals surface area contributed by atoms with Gasteiger partial charge in [0.05, 0.1) is 26.7 Å². The van der Waals surface area contributed by atoms with E-state index in [1.165, 1.54) is 61.6 Å². The van der Waals surface area contributed by atoms with E-state index in [2.05, 4.69) is 9.89 Å². The first-order valence-electron chi connectivity index (χ1n) is 12.3. The first-order chi connectivity index (χ1) is 19.7. The minimum atomic E-state index is -4.92. The zero-order valence-corrected chi connectivity index (χ0v) is 23.9. The van der Waals surface area contributed by atoms with Crippen LogP contribution in [0.1, 0.15) is 41.4 Å². The van der Waals surface area contributed by atoms with E-state index in [1.54, 1.807) is 0 Å². The molecule has 0 unspecified atom stereocenters. The van der Waals surface area contributed by atoms with Crippen molar-refractivity contribution in [3.63, 3.8) is 0 Å². The molecule has 1 aromatic heterocycles. The van der Waals surface area contributed by atoms with E-state index in [0.717, 1.165) is 16.4 Å². The van der Waals surface area contributed by atoms with Crippen molar-refractivity contribution in [2.45, 2.75) is 37.6 Å². The summed E-state index contributed by atoms with van der Waals surface area (Å²) in [6, 6.07) is 14.7. The molecule has 4 aromatic rings. The molecule has 0 fully saturated rings. The number of aromatic nitrogens is 1. The Kier molecular flexibility index (Phi) is 8.73. The number of alkyl halides is 3. The molecular formula is C28H24ClF3N2O7S. The number of sulfonamides is 1. The fraction of sp³-hybridized carbons (Fsp3) is 0.214. The van der Waals surface area contributed by atoms with Crippen LogP contribution in [-0.4, -0.2) is 38.1 Å². The zero-order chi connectivity index (χ0) is 30.8. The highest BCUT2D eigenvalue weighted by Crippen LogP contribution is 2.38. The molecule has 0 amide bonds. The minimum absolute atomic E-state index is 0.00603. The molecule has 14 heteroatoms. The molecule has 1 heterocycles. The predicted octanol–water partition coefficient (Wildman–Crippen LogP) is 7.12. The van der Waals surface area contributed by atoms with Crippen molar-refractivity contribution in [1.82, 2.24) is 5.16 Å². The zero-order valence-electron chi connectivity index (χ0n) is 22.3. The van der Waals surface area contributed by atoms with Gasteiger partial charge in [0, 0.05) is 24.6 Å². The number of ether oxygens (including phenoxy) is 2. The lowest BCUT2D eigenvalue weighted by atomic mass is 10.0. The Bertz CT molecular complexity index is 1720. The van der Waals surface area contributed by atoms with Crippen molar-refractivity contribution < 1.29 is 45.5 Å². The van der Waals surface area contributed by atoms with Gasteiger partial charge in [0.2, 0.25) is 0 Å². The lowest BCUT2D eigenvalue weighted by Gasteiger charge is -2.21. The Morgan fingerprint density at radius 1 is 1.10 bits per heavy atom. The van der Waals surface area contributed by atoms with Gasteiger partial charge in [-0.3, -0.25) is 4.31 Å². The van der Waals surface area contributed by atoms with Crippen LogP contribution < -0.4 is 13.8 Å². The molecule has 222 valence electrons. The van der Waals surface area contributed by atoms with Gasteiger partial charge in [-0.25, -0.2) is 13.2 Å². The molecule has 0 bridgehead atoms. The molecule has 0 spiro atoms. The van der Waals surface area contributed by atoms with E-state index in [9.17, 15) is 31.5 Å². The SMILES string of the molecule is CC(C)c1onc(-c2ccccc2OC(F)(F)F)c1COc1ccc(N(C)S(=O)(=O)c2cccc(C(=O)O)c2)c(Cl)c1. The fourth-order valence-corrected chi connectivity index (χ4v) is 5.68. The summed E-state index contributed by atoms with van der Waals surface area (Å²) in [5.74, 6) is -1.30. The van der Waals surface area contributed by atoms with Gasteiger partial charge in [0.15, 0.2) is 0 Å². The second-order valence-corrected chi connectivity index (χ2v) is 11.7. The average Bonchev–Trinajstić information content (AvgIpc) is 3.35. The molecule has 0 aliphatic heterocycles. The summed E-state index contributed by atoms with van der Waals surface area (Å²) in [4.78, 5) is 11.0. The maximum absolute atomic E-state index is 13.2. The Morgan fingerprint density at radius 2 is 1.81 bits per heavy atom. The van der Waals surface area contributed by atoms with E-state index >= 15 is 0 Å². The lowest BCUT2D eigenvalue weighted by molar-refractivity contribution is -0.274. The van der Waals surface area contributed by atoms with Gasteiger partial charge < -0.3 is 19.1 Å². The molecule has 0 aliphatic carbocycles. The topological polar surface area (TPSA) is 119 Å². The molecule has 1 N–H and O–H groups in total. The minimum Gasteiger partial charge on any atom is -0.489 e. The number of anilines is 1. The molecule has 0 radical (unpaired) electrons. The fourth-order valence-electron chi connectivity index (χ4n) is 4.07. The smallest absolute Gasteiger partial charge is 0.489 e. The molecule has 0 saturated carbocycles. The van der Waals surface area contributed by atoms with Crippen LogP contribution in [0.2, 0.25) is 5.02 Å². The maximum Gasteiger partial charge on any atom is 0.573 e. The summed E-state index contributed by atoms with van der Waals surface area (Å²) in [5, 5.41) is 13.2. The van der Waals surface area contributed by atoms with Gasteiger partial charge in [-0.05, 0) is 42.5 Å². The van der Waals surface area contributed by atoms with Gasteiger partial charge in [0.1, 0.15) is 29.6 Å². The van der Waals surface area contributed by atoms with Crippen molar-refractivity contribution in [1.29, 1.82) is 0 Å². The van der Waals surface area contributed by atoms with E-state index in [-0.39, 0.29) is 50.7 Å². The third kappa shape index (κ3) is 6.63. The largest absolute Gasteiger partial charge is 0.573 e. The van der Waals surface area contributed by atoms with Crippen molar-refractivity contribution in [2.24, 2.45) is 0 Å². The van der Waals surface area contributed by atoms with Crippen LogP contribution in [0.3, 0.4) is 0 Å². The molecule has 0 atom stereocenters. The number of para-hydroxylation sites is 1. The van der Waals surface area contributed by atoms with Gasteiger partial charge in [-0.15, -0.1) is 13.2 Å². The third-order valence-corrected chi connectivity index (χ3v) is 8.16. The number of carboxylic acids is 1. The number of carboxylic acid groups (broad SMARTS) is 1. The third-order valence-electron chi connectivity index (χ3n) is 6.09. The van der Waals surface area contributed by atoms with Crippen LogP contribution in [0.4, 0.5) is 18.9 Å². The van der Waals surface area contributed by atoms with Crippen molar-refractivity contribution in [2.75, 3.05) is 11.4 Å². The molecule has 9 nitrogen and oxygen atoms in total. The predicted molar refractivity (Wildman–Crippen MR) is 147 cm³/mol. The van der Waals surface area contributed by atoms with Gasteiger partial charge in [-0.1, -0.05) is 48.8 Å². The maximum atomic E-state index is 13.2. The summed E-state index contributed by atoms with van der Waals surface area (Å²) in [7, 11) is -2.90. The Balaban J connectivity index is 1.61. The molecular weight excluding hydrogens is 601 g/mol. The highest BCUT2D eigenvalue weighted by atomic mass is 35.5. The van der Waals surface area contributed by atoms with Crippen LogP contribution in [0.15, 0.2) is 76.1 Å². The van der Waals surface area contributed by atoms with E-state index in [0.29, 0.717) is 11.3 Å². The van der Waals surface area contributed by atoms with Crippen molar-refractivity contribution in [3.05, 3.63) is 88.6 Å². The lowest BCUT2D eigenvalue weighted by Crippen LogP contribution is -2.27. The monoisotopic (exact) mass is 624 g/mol. The molecule has 3 aromatic carbocycles. The Labute approximate surface area is 244 Å². The Morgan fingerprint density at radius 3 is 2.45 bits per heavy atom. The van der Waals surface area contributed by atoms with Gasteiger partial charge in [0.25, 0.3) is 10.0 Å². The number of hydrogen-bond acceptors (Lipinski definition) is 7.